The van der Waals surface area contributed by atoms with Crippen LogP contribution in [0.3, 0.4) is 0 Å². The van der Waals surface area contributed by atoms with Gasteiger partial charge in [-0.25, -0.2) is 4.98 Å². The molecular weight excluding hydrogens is 288 g/mol. The Morgan fingerprint density at radius 1 is 1.29 bits per heavy atom. The van der Waals surface area contributed by atoms with E-state index in [1.165, 1.54) is 0 Å². The van der Waals surface area contributed by atoms with Crippen LogP contribution in [0.4, 0.5) is 5.69 Å². The zero-order chi connectivity index (χ0) is 15.0. The number of nitrogen functional groups attached to an aromatic ring is 1. The van der Waals surface area contributed by atoms with Gasteiger partial charge in [0.15, 0.2) is 0 Å². The summed E-state index contributed by atoms with van der Waals surface area (Å²) >= 11 is 6.24. The van der Waals surface area contributed by atoms with Crippen molar-refractivity contribution in [2.45, 2.75) is 6.61 Å². The summed E-state index contributed by atoms with van der Waals surface area (Å²) < 4.78 is 1.73. The lowest BCUT2D eigenvalue weighted by molar-refractivity contribution is 0.270. The predicted octanol–water partition coefficient (Wildman–Crippen LogP) is 2.63. The number of benzene rings is 2. The molecule has 0 aliphatic carbocycles. The van der Waals surface area contributed by atoms with Crippen LogP contribution < -0.4 is 5.73 Å². The van der Waals surface area contributed by atoms with Crippen LogP contribution in [0.2, 0.25) is 5.02 Å². The van der Waals surface area contributed by atoms with E-state index in [1.807, 2.05) is 6.07 Å². The Morgan fingerprint density at radius 2 is 2.10 bits per heavy atom. The number of nitrogens with two attached hydrogens (primary N) is 1. The fraction of sp³-hybridized carbons (Fsp3) is 0.0667. The van der Waals surface area contributed by atoms with Crippen molar-refractivity contribution in [1.29, 1.82) is 5.26 Å². The average Bonchev–Trinajstić information content (AvgIpc) is 2.85. The number of halogens is 1. The first kappa shape index (κ1) is 13.4. The fourth-order valence-electron chi connectivity index (χ4n) is 2.28. The molecular formula is C15H11ClN4O. The second-order valence-electron chi connectivity index (χ2n) is 4.55. The maximum atomic E-state index is 9.54. The molecule has 2 aromatic carbocycles. The Kier molecular flexibility index (Phi) is 3.26. The first-order valence-corrected chi connectivity index (χ1v) is 6.59. The molecule has 0 radical (unpaired) electrons. The van der Waals surface area contributed by atoms with Gasteiger partial charge in [-0.2, -0.15) is 5.26 Å². The summed E-state index contributed by atoms with van der Waals surface area (Å²) in [5.41, 5.74) is 8.87. The third-order valence-corrected chi connectivity index (χ3v) is 3.53. The van der Waals surface area contributed by atoms with Gasteiger partial charge in [-0.3, -0.25) is 4.57 Å². The van der Waals surface area contributed by atoms with Crippen LogP contribution in [-0.4, -0.2) is 14.7 Å². The third kappa shape index (κ3) is 2.21. The van der Waals surface area contributed by atoms with Gasteiger partial charge in [0.2, 0.25) is 0 Å². The van der Waals surface area contributed by atoms with Crippen LogP contribution >= 0.6 is 11.6 Å². The van der Waals surface area contributed by atoms with E-state index in [4.69, 9.17) is 22.6 Å². The molecule has 3 rings (SSSR count). The smallest absolute Gasteiger partial charge is 0.140 e. The van der Waals surface area contributed by atoms with Gasteiger partial charge in [-0.1, -0.05) is 11.6 Å². The summed E-state index contributed by atoms with van der Waals surface area (Å²) in [4.78, 5) is 4.36. The van der Waals surface area contributed by atoms with Gasteiger partial charge in [0.05, 0.1) is 33.4 Å². The summed E-state index contributed by atoms with van der Waals surface area (Å²) in [6.07, 6.45) is 0. The number of hydrogen-bond acceptors (Lipinski definition) is 4. The molecule has 0 bridgehead atoms. The molecule has 0 aliphatic rings. The van der Waals surface area contributed by atoms with Gasteiger partial charge in [-0.15, -0.1) is 0 Å². The molecule has 0 saturated carbocycles. The number of hydrogen-bond donors (Lipinski definition) is 2. The SMILES string of the molecule is N#Cc1ccc(Cl)c(-n2c(CO)nc3cc(N)ccc32)c1. The highest BCUT2D eigenvalue weighted by molar-refractivity contribution is 6.32. The molecule has 5 nitrogen and oxygen atoms in total. The number of aromatic nitrogens is 2. The van der Waals surface area contributed by atoms with Crippen LogP contribution in [0.1, 0.15) is 11.4 Å². The van der Waals surface area contributed by atoms with Crippen LogP contribution in [0, 0.1) is 11.3 Å². The molecule has 0 spiro atoms. The number of aliphatic hydroxyl groups is 1. The minimum atomic E-state index is -0.248. The van der Waals surface area contributed by atoms with Gasteiger partial charge < -0.3 is 10.8 Å². The molecule has 21 heavy (non-hydrogen) atoms. The summed E-state index contributed by atoms with van der Waals surface area (Å²) in [6, 6.07) is 12.3. The number of anilines is 1. The van der Waals surface area contributed by atoms with Crippen molar-refractivity contribution in [3.8, 4) is 11.8 Å². The van der Waals surface area contributed by atoms with Crippen molar-refractivity contribution in [3.63, 3.8) is 0 Å². The van der Waals surface area contributed by atoms with Gasteiger partial charge in [0, 0.05) is 5.69 Å². The van der Waals surface area contributed by atoms with Crippen molar-refractivity contribution >= 4 is 28.3 Å². The number of nitrogens with zero attached hydrogens (tertiary/aromatic N) is 3. The van der Waals surface area contributed by atoms with Crippen LogP contribution in [0.15, 0.2) is 36.4 Å². The molecule has 104 valence electrons. The van der Waals surface area contributed by atoms with Crippen molar-refractivity contribution in [3.05, 3.63) is 52.8 Å². The standard InChI is InChI=1S/C15H11ClN4O/c16-11-3-1-9(7-17)5-14(11)20-13-4-2-10(18)6-12(13)19-15(20)8-21/h1-6,21H,8,18H2. The number of rotatable bonds is 2. The molecule has 3 N–H and O–H groups in total. The zero-order valence-electron chi connectivity index (χ0n) is 10.9. The number of nitriles is 1. The maximum absolute atomic E-state index is 9.54. The fourth-order valence-corrected chi connectivity index (χ4v) is 2.48. The Morgan fingerprint density at radius 3 is 2.81 bits per heavy atom. The Bertz CT molecular complexity index is 879. The normalized spacial score (nSPS) is 10.7. The maximum Gasteiger partial charge on any atom is 0.140 e. The molecule has 1 heterocycles. The Hall–Kier alpha value is -2.55. The first-order valence-electron chi connectivity index (χ1n) is 6.22. The lowest BCUT2D eigenvalue weighted by atomic mass is 10.2. The van der Waals surface area contributed by atoms with Gasteiger partial charge in [0.1, 0.15) is 12.4 Å². The second-order valence-corrected chi connectivity index (χ2v) is 4.95. The predicted molar refractivity (Wildman–Crippen MR) is 81.1 cm³/mol. The first-order chi connectivity index (χ1) is 10.1. The Balaban J connectivity index is 2.36. The molecule has 3 aromatic rings. The van der Waals surface area contributed by atoms with Crippen molar-refractivity contribution in [1.82, 2.24) is 9.55 Å². The third-order valence-electron chi connectivity index (χ3n) is 3.21. The van der Waals surface area contributed by atoms with E-state index in [1.54, 1.807) is 34.9 Å². The quantitative estimate of drug-likeness (QED) is 0.712. The summed E-state index contributed by atoms with van der Waals surface area (Å²) in [5, 5.41) is 19.1. The zero-order valence-corrected chi connectivity index (χ0v) is 11.7. The lowest BCUT2D eigenvalue weighted by Gasteiger charge is -2.10. The van der Waals surface area contributed by atoms with Gasteiger partial charge >= 0.3 is 0 Å². The van der Waals surface area contributed by atoms with Crippen LogP contribution in [0.25, 0.3) is 16.7 Å². The lowest BCUT2D eigenvalue weighted by Crippen LogP contribution is -2.02. The Labute approximate surface area is 125 Å². The number of imidazole rings is 1. The van der Waals surface area contributed by atoms with E-state index < -0.39 is 0 Å². The van der Waals surface area contributed by atoms with E-state index in [-0.39, 0.29) is 6.61 Å². The minimum absolute atomic E-state index is 0.248. The van der Waals surface area contributed by atoms with Crippen molar-refractivity contribution in [2.24, 2.45) is 0 Å². The van der Waals surface area contributed by atoms with Crippen molar-refractivity contribution in [2.75, 3.05) is 5.73 Å². The van der Waals surface area contributed by atoms with E-state index in [9.17, 15) is 5.11 Å². The largest absolute Gasteiger partial charge is 0.399 e. The summed E-state index contributed by atoms with van der Waals surface area (Å²) in [7, 11) is 0. The average molecular weight is 299 g/mol. The number of aliphatic hydroxyl groups excluding tert-OH is 1. The molecule has 0 amide bonds. The highest BCUT2D eigenvalue weighted by Gasteiger charge is 2.14. The monoisotopic (exact) mass is 298 g/mol. The minimum Gasteiger partial charge on any atom is -0.399 e. The van der Waals surface area contributed by atoms with Crippen LogP contribution in [-0.2, 0) is 6.61 Å². The van der Waals surface area contributed by atoms with Gasteiger partial charge in [-0.05, 0) is 36.4 Å². The van der Waals surface area contributed by atoms with Gasteiger partial charge in [0.25, 0.3) is 0 Å². The summed E-state index contributed by atoms with van der Waals surface area (Å²) in [5.74, 6) is 0.438. The number of fused-ring (bicyclic) bond motifs is 1. The van der Waals surface area contributed by atoms with E-state index >= 15 is 0 Å². The molecule has 6 heteroatoms. The summed E-state index contributed by atoms with van der Waals surface area (Å²) in [6.45, 7) is -0.248. The molecule has 0 aliphatic heterocycles. The van der Waals surface area contributed by atoms with E-state index in [2.05, 4.69) is 11.1 Å². The molecule has 1 aromatic heterocycles. The molecule has 0 saturated heterocycles. The molecule has 0 unspecified atom stereocenters. The highest BCUT2D eigenvalue weighted by Crippen LogP contribution is 2.28. The topological polar surface area (TPSA) is 87.9 Å². The van der Waals surface area contributed by atoms with Crippen molar-refractivity contribution < 1.29 is 5.11 Å². The molecule has 0 atom stereocenters. The highest BCUT2D eigenvalue weighted by atomic mass is 35.5. The second kappa shape index (κ2) is 5.09. The molecule has 0 fully saturated rings. The van der Waals surface area contributed by atoms with E-state index in [0.29, 0.717) is 33.3 Å². The van der Waals surface area contributed by atoms with E-state index in [0.717, 1.165) is 5.52 Å². The van der Waals surface area contributed by atoms with Crippen LogP contribution in [0.5, 0.6) is 0 Å².